The van der Waals surface area contributed by atoms with E-state index in [0.717, 1.165) is 25.7 Å². The smallest absolute Gasteiger partial charge is 0.272 e. The van der Waals surface area contributed by atoms with Crippen LogP contribution in [0.2, 0.25) is 5.02 Å². The van der Waals surface area contributed by atoms with Crippen LogP contribution >= 0.6 is 11.6 Å². The van der Waals surface area contributed by atoms with Crippen molar-refractivity contribution < 1.29 is 9.72 Å². The van der Waals surface area contributed by atoms with Crippen LogP contribution in [-0.4, -0.2) is 10.7 Å². The minimum Gasteiger partial charge on any atom is -0.299 e. The Morgan fingerprint density at radius 3 is 2.84 bits per heavy atom. The minimum absolute atomic E-state index is 0.0569. The van der Waals surface area contributed by atoms with Crippen LogP contribution in [0.5, 0.6) is 0 Å². The Balaban J connectivity index is 2.23. The summed E-state index contributed by atoms with van der Waals surface area (Å²) in [7, 11) is 0. The SMILES string of the molecule is O=C1CCCCCC1Cc1cc(Cl)ccc1[N+](=O)[O-]. The van der Waals surface area contributed by atoms with Gasteiger partial charge in [-0.15, -0.1) is 0 Å². The van der Waals surface area contributed by atoms with E-state index in [9.17, 15) is 14.9 Å². The third-order valence-corrected chi connectivity index (χ3v) is 3.87. The van der Waals surface area contributed by atoms with Crippen LogP contribution in [-0.2, 0) is 11.2 Å². The molecule has 0 saturated heterocycles. The summed E-state index contributed by atoms with van der Waals surface area (Å²) in [6, 6.07) is 4.54. The molecule has 0 bridgehead atoms. The third kappa shape index (κ3) is 3.53. The number of nitro groups is 1. The number of carbonyl (C=O) groups excluding carboxylic acids is 1. The normalized spacial score (nSPS) is 20.1. The molecule has 4 nitrogen and oxygen atoms in total. The summed E-state index contributed by atoms with van der Waals surface area (Å²) in [6.45, 7) is 0. The monoisotopic (exact) mass is 281 g/mol. The van der Waals surface area contributed by atoms with Gasteiger partial charge in [-0.2, -0.15) is 0 Å². The Hall–Kier alpha value is -1.42. The maximum absolute atomic E-state index is 12.0. The van der Waals surface area contributed by atoms with Crippen LogP contribution in [0, 0.1) is 16.0 Å². The van der Waals surface area contributed by atoms with Gasteiger partial charge in [-0.3, -0.25) is 14.9 Å². The van der Waals surface area contributed by atoms with Gasteiger partial charge in [0.05, 0.1) is 4.92 Å². The molecule has 1 aromatic carbocycles. The molecule has 5 heteroatoms. The van der Waals surface area contributed by atoms with E-state index in [1.54, 1.807) is 6.07 Å². The molecule has 1 saturated carbocycles. The summed E-state index contributed by atoms with van der Waals surface area (Å²) in [4.78, 5) is 22.6. The van der Waals surface area contributed by atoms with Crippen molar-refractivity contribution in [3.05, 3.63) is 38.9 Å². The maximum Gasteiger partial charge on any atom is 0.272 e. The number of Topliss-reactive ketones (excluding diaryl/α,β-unsaturated/α-hetero) is 1. The van der Waals surface area contributed by atoms with E-state index >= 15 is 0 Å². The predicted octanol–water partition coefficient (Wildman–Crippen LogP) is 3.94. The fraction of sp³-hybridized carbons (Fsp3) is 0.500. The predicted molar refractivity (Wildman–Crippen MR) is 73.4 cm³/mol. The van der Waals surface area contributed by atoms with E-state index in [0.29, 0.717) is 23.4 Å². The number of rotatable bonds is 3. The van der Waals surface area contributed by atoms with Gasteiger partial charge in [-0.1, -0.05) is 24.4 Å². The summed E-state index contributed by atoms with van der Waals surface area (Å²) in [6.07, 6.45) is 4.87. The molecule has 1 aromatic rings. The van der Waals surface area contributed by atoms with E-state index in [2.05, 4.69) is 0 Å². The Bertz CT molecular complexity index is 501. The largest absolute Gasteiger partial charge is 0.299 e. The molecular weight excluding hydrogens is 266 g/mol. The second kappa shape index (κ2) is 6.15. The fourth-order valence-electron chi connectivity index (χ4n) is 2.61. The molecule has 19 heavy (non-hydrogen) atoms. The van der Waals surface area contributed by atoms with Gasteiger partial charge in [0.15, 0.2) is 0 Å². The number of nitrogens with zero attached hydrogens (tertiary/aromatic N) is 1. The Morgan fingerprint density at radius 2 is 2.11 bits per heavy atom. The molecule has 0 N–H and O–H groups in total. The van der Waals surface area contributed by atoms with E-state index in [1.807, 2.05) is 0 Å². The number of ketones is 1. The first kappa shape index (κ1) is 14.0. The van der Waals surface area contributed by atoms with E-state index in [1.165, 1.54) is 12.1 Å². The van der Waals surface area contributed by atoms with Gasteiger partial charge in [-0.25, -0.2) is 0 Å². The zero-order chi connectivity index (χ0) is 13.8. The average molecular weight is 282 g/mol. The topological polar surface area (TPSA) is 60.2 Å². The molecule has 0 heterocycles. The average Bonchev–Trinajstić information content (AvgIpc) is 2.55. The van der Waals surface area contributed by atoms with Crippen LogP contribution in [0.15, 0.2) is 18.2 Å². The van der Waals surface area contributed by atoms with Crippen LogP contribution in [0.3, 0.4) is 0 Å². The lowest BCUT2D eigenvalue weighted by atomic mass is 9.91. The third-order valence-electron chi connectivity index (χ3n) is 3.64. The number of nitro benzene ring substituents is 1. The van der Waals surface area contributed by atoms with Gasteiger partial charge in [0.1, 0.15) is 5.78 Å². The zero-order valence-electron chi connectivity index (χ0n) is 10.6. The molecule has 2 rings (SSSR count). The molecule has 1 unspecified atom stereocenters. The number of hydrogen-bond acceptors (Lipinski definition) is 3. The molecule has 1 aliphatic carbocycles. The van der Waals surface area contributed by atoms with Crippen LogP contribution < -0.4 is 0 Å². The highest BCUT2D eigenvalue weighted by Crippen LogP contribution is 2.29. The maximum atomic E-state index is 12.0. The van der Waals surface area contributed by atoms with Crippen molar-refractivity contribution in [3.8, 4) is 0 Å². The highest BCUT2D eigenvalue weighted by Gasteiger charge is 2.24. The first-order valence-electron chi connectivity index (χ1n) is 6.53. The molecule has 0 spiro atoms. The summed E-state index contributed by atoms with van der Waals surface area (Å²) in [5, 5.41) is 11.5. The lowest BCUT2D eigenvalue weighted by Gasteiger charge is -2.13. The standard InChI is InChI=1S/C14H16ClNO3/c15-12-6-7-13(16(18)19)11(9-12)8-10-4-2-1-3-5-14(10)17/h6-7,9-10H,1-5,8H2. The number of hydrogen-bond donors (Lipinski definition) is 0. The highest BCUT2D eigenvalue weighted by atomic mass is 35.5. The van der Waals surface area contributed by atoms with Crippen molar-refractivity contribution in [2.24, 2.45) is 5.92 Å². The van der Waals surface area contributed by atoms with Gasteiger partial charge < -0.3 is 0 Å². The van der Waals surface area contributed by atoms with Crippen LogP contribution in [0.1, 0.15) is 37.7 Å². The van der Waals surface area contributed by atoms with Crippen molar-refractivity contribution in [2.75, 3.05) is 0 Å². The quantitative estimate of drug-likeness (QED) is 0.479. The first-order chi connectivity index (χ1) is 9.08. The molecule has 0 aromatic heterocycles. The Kier molecular flexibility index (Phi) is 4.53. The summed E-state index contributed by atoms with van der Waals surface area (Å²) in [5.74, 6) is 0.131. The molecule has 1 fully saturated rings. The first-order valence-corrected chi connectivity index (χ1v) is 6.91. The van der Waals surface area contributed by atoms with E-state index in [4.69, 9.17) is 11.6 Å². The number of benzene rings is 1. The summed E-state index contributed by atoms with van der Waals surface area (Å²) in [5.41, 5.74) is 0.624. The van der Waals surface area contributed by atoms with Gasteiger partial charge in [0.25, 0.3) is 5.69 Å². The van der Waals surface area contributed by atoms with Gasteiger partial charge in [0.2, 0.25) is 0 Å². The molecule has 102 valence electrons. The molecule has 0 radical (unpaired) electrons. The minimum atomic E-state index is -0.410. The lowest BCUT2D eigenvalue weighted by Crippen LogP contribution is -2.16. The Morgan fingerprint density at radius 1 is 1.32 bits per heavy atom. The second-order valence-electron chi connectivity index (χ2n) is 5.00. The van der Waals surface area contributed by atoms with Gasteiger partial charge in [-0.05, 0) is 31.4 Å². The van der Waals surface area contributed by atoms with Crippen molar-refractivity contribution in [1.29, 1.82) is 0 Å². The van der Waals surface area contributed by atoms with Crippen molar-refractivity contribution in [2.45, 2.75) is 38.5 Å². The number of carbonyl (C=O) groups is 1. The van der Waals surface area contributed by atoms with E-state index in [-0.39, 0.29) is 17.4 Å². The molecule has 0 aliphatic heterocycles. The van der Waals surface area contributed by atoms with Crippen LogP contribution in [0.25, 0.3) is 0 Å². The van der Waals surface area contributed by atoms with Crippen molar-refractivity contribution in [3.63, 3.8) is 0 Å². The van der Waals surface area contributed by atoms with Crippen LogP contribution in [0.4, 0.5) is 5.69 Å². The van der Waals surface area contributed by atoms with Gasteiger partial charge >= 0.3 is 0 Å². The second-order valence-corrected chi connectivity index (χ2v) is 5.43. The van der Waals surface area contributed by atoms with Gasteiger partial charge in [0, 0.05) is 29.0 Å². The lowest BCUT2D eigenvalue weighted by molar-refractivity contribution is -0.385. The number of halogens is 1. The summed E-state index contributed by atoms with van der Waals surface area (Å²) >= 11 is 5.90. The zero-order valence-corrected chi connectivity index (χ0v) is 11.4. The fourth-order valence-corrected chi connectivity index (χ4v) is 2.80. The molecule has 0 amide bonds. The molecular formula is C14H16ClNO3. The van der Waals surface area contributed by atoms with E-state index < -0.39 is 4.92 Å². The molecule has 1 aliphatic rings. The Labute approximate surface area is 116 Å². The summed E-state index contributed by atoms with van der Waals surface area (Å²) < 4.78 is 0. The van der Waals surface area contributed by atoms with Crippen molar-refractivity contribution in [1.82, 2.24) is 0 Å². The molecule has 1 atom stereocenters. The highest BCUT2D eigenvalue weighted by molar-refractivity contribution is 6.30. The van der Waals surface area contributed by atoms with Crippen molar-refractivity contribution >= 4 is 23.1 Å².